The van der Waals surface area contributed by atoms with Gasteiger partial charge < -0.3 is 19.4 Å². The molecule has 1 amide bonds. The Balaban J connectivity index is 1.48. The van der Waals surface area contributed by atoms with Crippen LogP contribution in [0.2, 0.25) is 0 Å². The maximum absolute atomic E-state index is 14.0. The monoisotopic (exact) mass is 495 g/mol. The van der Waals surface area contributed by atoms with Crippen molar-refractivity contribution in [2.45, 2.75) is 51.9 Å². The minimum atomic E-state index is -0.773. The molecule has 0 saturated carbocycles. The Labute approximate surface area is 207 Å². The predicted molar refractivity (Wildman–Crippen MR) is 128 cm³/mol. The summed E-state index contributed by atoms with van der Waals surface area (Å²) < 4.78 is 41.2. The number of hydrogen-bond donors (Lipinski definition) is 1. The topological polar surface area (TPSA) is 72.8 Å². The van der Waals surface area contributed by atoms with Crippen molar-refractivity contribution in [1.82, 2.24) is 14.8 Å². The van der Waals surface area contributed by atoms with Crippen molar-refractivity contribution in [1.29, 1.82) is 0 Å². The molecule has 3 aromatic rings. The zero-order valence-corrected chi connectivity index (χ0v) is 20.1. The second-order valence-electron chi connectivity index (χ2n) is 9.43. The maximum atomic E-state index is 14.0. The van der Waals surface area contributed by atoms with E-state index in [1.165, 1.54) is 12.3 Å². The molecule has 9 heteroatoms. The third kappa shape index (κ3) is 4.52. The predicted octanol–water partition coefficient (Wildman–Crippen LogP) is 3.59. The van der Waals surface area contributed by atoms with Crippen LogP contribution >= 0.6 is 0 Å². The zero-order chi connectivity index (χ0) is 25.4. The molecule has 1 saturated heterocycles. The lowest BCUT2D eigenvalue weighted by Crippen LogP contribution is -2.52. The molecule has 2 aliphatic rings. The number of hydrogen-bond acceptors (Lipinski definition) is 5. The van der Waals surface area contributed by atoms with Crippen LogP contribution in [0.4, 0.5) is 8.78 Å². The second-order valence-corrected chi connectivity index (χ2v) is 9.43. The van der Waals surface area contributed by atoms with Crippen LogP contribution in [0.1, 0.15) is 41.0 Å². The van der Waals surface area contributed by atoms with Crippen LogP contribution < -0.4 is 15.5 Å². The number of benzene rings is 2. The summed E-state index contributed by atoms with van der Waals surface area (Å²) in [5.74, 6) is -2.04. The molecule has 1 N–H and O–H groups in total. The summed E-state index contributed by atoms with van der Waals surface area (Å²) in [4.78, 5) is 28.8. The first kappa shape index (κ1) is 24.1. The number of carbonyl (C=O) groups excluding carboxylic acids is 1. The van der Waals surface area contributed by atoms with Crippen molar-refractivity contribution >= 4 is 5.91 Å². The van der Waals surface area contributed by atoms with Crippen LogP contribution in [0.5, 0.6) is 5.75 Å². The van der Waals surface area contributed by atoms with E-state index < -0.39 is 28.7 Å². The minimum absolute atomic E-state index is 0.111. The Morgan fingerprint density at radius 2 is 2.00 bits per heavy atom. The smallest absolute Gasteiger partial charge is 0.257 e. The molecule has 1 fully saturated rings. The van der Waals surface area contributed by atoms with Crippen LogP contribution in [0.15, 0.2) is 59.5 Å². The highest BCUT2D eigenvalue weighted by Crippen LogP contribution is 2.37. The summed E-state index contributed by atoms with van der Waals surface area (Å²) >= 11 is 0. The van der Waals surface area contributed by atoms with Crippen LogP contribution in [0.3, 0.4) is 0 Å². The van der Waals surface area contributed by atoms with Gasteiger partial charge in [-0.05, 0) is 25.5 Å². The zero-order valence-electron chi connectivity index (χ0n) is 20.1. The van der Waals surface area contributed by atoms with Gasteiger partial charge in [-0.2, -0.15) is 0 Å². The second kappa shape index (κ2) is 9.48. The lowest BCUT2D eigenvalue weighted by atomic mass is 10.1. The van der Waals surface area contributed by atoms with Crippen molar-refractivity contribution < 1.29 is 23.0 Å². The molecule has 2 aromatic carbocycles. The van der Waals surface area contributed by atoms with Gasteiger partial charge in [0.15, 0.2) is 5.75 Å². The number of halogens is 2. The van der Waals surface area contributed by atoms with E-state index in [1.807, 2.05) is 41.8 Å². The van der Waals surface area contributed by atoms with E-state index in [9.17, 15) is 18.4 Å². The normalized spacial score (nSPS) is 21.1. The van der Waals surface area contributed by atoms with Gasteiger partial charge in [0, 0.05) is 37.0 Å². The van der Waals surface area contributed by atoms with Gasteiger partial charge in [0.25, 0.3) is 5.91 Å². The summed E-state index contributed by atoms with van der Waals surface area (Å²) in [6.45, 7) is 5.42. The first-order valence-electron chi connectivity index (χ1n) is 11.8. The van der Waals surface area contributed by atoms with Gasteiger partial charge in [-0.25, -0.2) is 8.78 Å². The molecular formula is C27H27F2N3O4. The number of amides is 1. The summed E-state index contributed by atoms with van der Waals surface area (Å²) in [7, 11) is 0. The Bertz CT molecular complexity index is 1360. The van der Waals surface area contributed by atoms with E-state index in [4.69, 9.17) is 9.47 Å². The van der Waals surface area contributed by atoms with Crippen molar-refractivity contribution in [2.24, 2.45) is 0 Å². The third-order valence-corrected chi connectivity index (χ3v) is 6.83. The molecule has 3 heterocycles. The van der Waals surface area contributed by atoms with E-state index in [2.05, 4.69) is 17.1 Å². The summed E-state index contributed by atoms with van der Waals surface area (Å²) in [6, 6.07) is 12.7. The van der Waals surface area contributed by atoms with E-state index >= 15 is 0 Å². The maximum Gasteiger partial charge on any atom is 0.257 e. The van der Waals surface area contributed by atoms with Crippen LogP contribution in [0.25, 0.3) is 0 Å². The van der Waals surface area contributed by atoms with Gasteiger partial charge in [-0.15, -0.1) is 0 Å². The first-order valence-corrected chi connectivity index (χ1v) is 11.8. The standard InChI is InChI=1S/C27H27F2N3O4/c1-17-14-36-27(2)16-31-12-21(26(34)30-11-19-8-9-20(28)10-22(19)29)24(33)25(23(31)13-32(17)27)35-15-18-6-4-3-5-7-18/h3-10,12,17H,11,13-16H2,1-2H3,(H,30,34). The van der Waals surface area contributed by atoms with Gasteiger partial charge in [0.1, 0.15) is 29.5 Å². The Morgan fingerprint density at radius 1 is 1.22 bits per heavy atom. The number of ether oxygens (including phenoxy) is 2. The fraction of sp³-hybridized carbons (Fsp3) is 0.333. The fourth-order valence-electron chi connectivity index (χ4n) is 4.83. The third-order valence-electron chi connectivity index (χ3n) is 6.83. The molecule has 2 unspecified atom stereocenters. The van der Waals surface area contributed by atoms with Crippen LogP contribution in [-0.4, -0.2) is 33.7 Å². The van der Waals surface area contributed by atoms with Crippen molar-refractivity contribution in [2.75, 3.05) is 6.61 Å². The number of carbonyl (C=O) groups is 1. The molecule has 2 atom stereocenters. The van der Waals surface area contributed by atoms with Gasteiger partial charge >= 0.3 is 0 Å². The largest absolute Gasteiger partial charge is 0.483 e. The number of nitrogens with zero attached hydrogens (tertiary/aromatic N) is 2. The van der Waals surface area contributed by atoms with E-state index in [-0.39, 0.29) is 36.1 Å². The highest BCUT2D eigenvalue weighted by molar-refractivity contribution is 5.94. The van der Waals surface area contributed by atoms with Gasteiger partial charge in [-0.3, -0.25) is 14.5 Å². The highest BCUT2D eigenvalue weighted by Gasteiger charge is 2.46. The quantitative estimate of drug-likeness (QED) is 0.566. The first-order chi connectivity index (χ1) is 17.2. The molecule has 5 rings (SSSR count). The molecule has 188 valence electrons. The average Bonchev–Trinajstić information content (AvgIpc) is 3.15. The molecule has 0 bridgehead atoms. The van der Waals surface area contributed by atoms with E-state index in [0.29, 0.717) is 25.4 Å². The summed E-state index contributed by atoms with van der Waals surface area (Å²) in [5.41, 5.74) is 0.434. The number of rotatable bonds is 6. The molecule has 1 aromatic heterocycles. The molecule has 2 aliphatic heterocycles. The molecule has 0 spiro atoms. The molecule has 36 heavy (non-hydrogen) atoms. The molecular weight excluding hydrogens is 468 g/mol. The number of aromatic nitrogens is 1. The molecule has 7 nitrogen and oxygen atoms in total. The molecule has 0 radical (unpaired) electrons. The summed E-state index contributed by atoms with van der Waals surface area (Å²) in [6.07, 6.45) is 1.51. The van der Waals surface area contributed by atoms with Crippen LogP contribution in [0, 0.1) is 11.6 Å². The Hall–Kier alpha value is -3.56. The minimum Gasteiger partial charge on any atom is -0.483 e. The lowest BCUT2D eigenvalue weighted by molar-refractivity contribution is -0.0992. The highest BCUT2D eigenvalue weighted by atomic mass is 19.1. The summed E-state index contributed by atoms with van der Waals surface area (Å²) in [5, 5.41) is 2.58. The number of pyridine rings is 1. The Morgan fingerprint density at radius 3 is 2.75 bits per heavy atom. The number of nitrogens with one attached hydrogen (secondary N) is 1. The average molecular weight is 496 g/mol. The number of fused-ring (bicyclic) bond motifs is 2. The Kier molecular flexibility index (Phi) is 6.36. The van der Waals surface area contributed by atoms with Crippen molar-refractivity contribution in [3.63, 3.8) is 0 Å². The van der Waals surface area contributed by atoms with E-state index in [0.717, 1.165) is 17.7 Å². The SMILES string of the molecule is CC1COC2(C)Cn3cc(C(=O)NCc4ccc(F)cc4F)c(=O)c(OCc4ccccc4)c3CN12. The lowest BCUT2D eigenvalue weighted by Gasteiger charge is -2.42. The van der Waals surface area contributed by atoms with Crippen LogP contribution in [-0.2, 0) is 31.0 Å². The van der Waals surface area contributed by atoms with Crippen molar-refractivity contribution in [3.8, 4) is 5.75 Å². The van der Waals surface area contributed by atoms with Gasteiger partial charge in [0.05, 0.1) is 18.8 Å². The fourth-order valence-corrected chi connectivity index (χ4v) is 4.83. The van der Waals surface area contributed by atoms with Crippen molar-refractivity contribution in [3.05, 3.63) is 99.0 Å². The van der Waals surface area contributed by atoms with E-state index in [1.54, 1.807) is 0 Å². The van der Waals surface area contributed by atoms with Gasteiger partial charge in [0.2, 0.25) is 5.43 Å². The molecule has 0 aliphatic carbocycles. The van der Waals surface area contributed by atoms with Gasteiger partial charge in [-0.1, -0.05) is 36.4 Å².